The highest BCUT2D eigenvalue weighted by Gasteiger charge is 2.24. The van der Waals surface area contributed by atoms with Gasteiger partial charge in [-0.05, 0) is 28.4 Å². The Morgan fingerprint density at radius 1 is 1.62 bits per heavy atom. The Bertz CT molecular complexity index is 700. The zero-order valence-corrected chi connectivity index (χ0v) is 13.3. The molecule has 1 aromatic carbocycles. The maximum atomic E-state index is 13.7. The lowest BCUT2D eigenvalue weighted by Gasteiger charge is -2.14. The van der Waals surface area contributed by atoms with Gasteiger partial charge in [0.25, 0.3) is 0 Å². The Morgan fingerprint density at radius 3 is 3.10 bits per heavy atom. The molecule has 0 saturated carbocycles. The number of halogens is 2. The van der Waals surface area contributed by atoms with E-state index in [1.807, 2.05) is 4.57 Å². The highest BCUT2D eigenvalue weighted by atomic mass is 79.9. The molecule has 2 heterocycles. The SMILES string of the molecule is O=C(O)CSc1nc2cc(F)c(Br)cc2n1C1CCOC1. The van der Waals surface area contributed by atoms with Crippen LogP contribution in [0.3, 0.4) is 0 Å². The molecule has 1 aromatic heterocycles. The lowest BCUT2D eigenvalue weighted by molar-refractivity contribution is -0.133. The predicted molar refractivity (Wildman–Crippen MR) is 80.2 cm³/mol. The minimum atomic E-state index is -0.909. The van der Waals surface area contributed by atoms with Crippen LogP contribution in [-0.4, -0.2) is 39.6 Å². The van der Waals surface area contributed by atoms with Crippen molar-refractivity contribution in [2.75, 3.05) is 19.0 Å². The molecule has 112 valence electrons. The Morgan fingerprint density at radius 2 is 2.43 bits per heavy atom. The van der Waals surface area contributed by atoms with Gasteiger partial charge < -0.3 is 14.4 Å². The van der Waals surface area contributed by atoms with Crippen LogP contribution in [0.25, 0.3) is 11.0 Å². The van der Waals surface area contributed by atoms with Gasteiger partial charge in [0.2, 0.25) is 0 Å². The van der Waals surface area contributed by atoms with Crippen LogP contribution in [0.2, 0.25) is 0 Å². The first kappa shape index (κ1) is 14.8. The van der Waals surface area contributed by atoms with Gasteiger partial charge in [0.15, 0.2) is 5.16 Å². The summed E-state index contributed by atoms with van der Waals surface area (Å²) in [5, 5.41) is 9.43. The highest BCUT2D eigenvalue weighted by Crippen LogP contribution is 2.33. The largest absolute Gasteiger partial charge is 0.481 e. The highest BCUT2D eigenvalue weighted by molar-refractivity contribution is 9.10. The topological polar surface area (TPSA) is 64.3 Å². The van der Waals surface area contributed by atoms with E-state index in [4.69, 9.17) is 9.84 Å². The van der Waals surface area contributed by atoms with Crippen LogP contribution in [0.1, 0.15) is 12.5 Å². The molecule has 2 aromatic rings. The normalized spacial score (nSPS) is 18.5. The molecule has 0 radical (unpaired) electrons. The second kappa shape index (κ2) is 5.94. The van der Waals surface area contributed by atoms with Crippen LogP contribution in [0, 0.1) is 5.82 Å². The van der Waals surface area contributed by atoms with E-state index in [1.54, 1.807) is 6.07 Å². The van der Waals surface area contributed by atoms with Crippen molar-refractivity contribution >= 4 is 44.7 Å². The van der Waals surface area contributed by atoms with E-state index < -0.39 is 5.97 Å². The van der Waals surface area contributed by atoms with Crippen molar-refractivity contribution in [3.8, 4) is 0 Å². The van der Waals surface area contributed by atoms with Crippen LogP contribution >= 0.6 is 27.7 Å². The standard InChI is InChI=1S/C13H12BrFN2O3S/c14-8-3-11-10(4-9(8)15)16-13(21-6-12(18)19)17(11)7-1-2-20-5-7/h3-4,7H,1-2,5-6H2,(H,18,19). The maximum Gasteiger partial charge on any atom is 0.313 e. The van der Waals surface area contributed by atoms with Gasteiger partial charge in [0.05, 0.1) is 33.9 Å². The van der Waals surface area contributed by atoms with Gasteiger partial charge in [0.1, 0.15) is 5.82 Å². The van der Waals surface area contributed by atoms with Gasteiger partial charge in [-0.2, -0.15) is 0 Å². The summed E-state index contributed by atoms with van der Waals surface area (Å²) in [6, 6.07) is 3.14. The van der Waals surface area contributed by atoms with Gasteiger partial charge >= 0.3 is 5.97 Å². The summed E-state index contributed by atoms with van der Waals surface area (Å²) >= 11 is 4.32. The lowest BCUT2D eigenvalue weighted by Crippen LogP contribution is -2.11. The number of rotatable bonds is 4. The van der Waals surface area contributed by atoms with E-state index in [-0.39, 0.29) is 17.6 Å². The van der Waals surface area contributed by atoms with Gasteiger partial charge in [-0.25, -0.2) is 9.37 Å². The van der Waals surface area contributed by atoms with Crippen molar-refractivity contribution in [1.29, 1.82) is 0 Å². The number of thioether (sulfide) groups is 1. The fraction of sp³-hybridized carbons (Fsp3) is 0.385. The second-order valence-corrected chi connectivity index (χ2v) is 6.52. The molecule has 1 atom stereocenters. The van der Waals surface area contributed by atoms with Gasteiger partial charge in [-0.15, -0.1) is 0 Å². The Hall–Kier alpha value is -1.12. The molecule has 21 heavy (non-hydrogen) atoms. The number of aromatic nitrogens is 2. The first-order valence-electron chi connectivity index (χ1n) is 6.35. The number of carboxylic acid groups (broad SMARTS) is 1. The molecule has 1 aliphatic heterocycles. The number of carbonyl (C=O) groups is 1. The second-order valence-electron chi connectivity index (χ2n) is 4.72. The minimum Gasteiger partial charge on any atom is -0.481 e. The smallest absolute Gasteiger partial charge is 0.313 e. The first-order valence-corrected chi connectivity index (χ1v) is 8.13. The summed E-state index contributed by atoms with van der Waals surface area (Å²) in [4.78, 5) is 15.2. The summed E-state index contributed by atoms with van der Waals surface area (Å²) < 4.78 is 21.4. The van der Waals surface area contributed by atoms with E-state index >= 15 is 0 Å². The molecule has 5 nitrogen and oxygen atoms in total. The Labute approximate surface area is 132 Å². The first-order chi connectivity index (χ1) is 10.1. The van der Waals surface area contributed by atoms with Crippen molar-refractivity contribution in [2.24, 2.45) is 0 Å². The fourth-order valence-electron chi connectivity index (χ4n) is 2.37. The molecule has 0 amide bonds. The number of nitrogens with zero attached hydrogens (tertiary/aromatic N) is 2. The number of hydrogen-bond acceptors (Lipinski definition) is 4. The molecule has 0 aliphatic carbocycles. The summed E-state index contributed by atoms with van der Waals surface area (Å²) in [7, 11) is 0. The Kier molecular flexibility index (Phi) is 4.19. The summed E-state index contributed by atoms with van der Waals surface area (Å²) in [6.07, 6.45) is 0.834. The van der Waals surface area contributed by atoms with E-state index in [1.165, 1.54) is 6.07 Å². The van der Waals surface area contributed by atoms with Crippen molar-refractivity contribution < 1.29 is 19.0 Å². The number of hydrogen-bond donors (Lipinski definition) is 1. The van der Waals surface area contributed by atoms with Gasteiger partial charge in [-0.3, -0.25) is 4.79 Å². The number of imidazole rings is 1. The molecular formula is C13H12BrFN2O3S. The molecule has 1 aliphatic rings. The number of aliphatic carboxylic acids is 1. The molecule has 0 spiro atoms. The van der Waals surface area contributed by atoms with Crippen LogP contribution in [0.4, 0.5) is 4.39 Å². The monoisotopic (exact) mass is 374 g/mol. The van der Waals surface area contributed by atoms with E-state index in [0.29, 0.717) is 28.4 Å². The predicted octanol–water partition coefficient (Wildman–Crippen LogP) is 3.08. The minimum absolute atomic E-state index is 0.0828. The molecule has 1 fully saturated rings. The zero-order valence-electron chi connectivity index (χ0n) is 10.9. The average molecular weight is 375 g/mol. The van der Waals surface area contributed by atoms with E-state index in [0.717, 1.165) is 23.7 Å². The van der Waals surface area contributed by atoms with Crippen LogP contribution in [0.15, 0.2) is 21.8 Å². The van der Waals surface area contributed by atoms with Crippen molar-refractivity contribution in [3.05, 3.63) is 22.4 Å². The third kappa shape index (κ3) is 2.93. The average Bonchev–Trinajstić information content (AvgIpc) is 3.04. The number of ether oxygens (including phenoxy) is 1. The summed E-state index contributed by atoms with van der Waals surface area (Å²) in [5.41, 5.74) is 1.31. The van der Waals surface area contributed by atoms with E-state index in [9.17, 15) is 9.18 Å². The fourth-order valence-corrected chi connectivity index (χ4v) is 3.51. The molecule has 3 rings (SSSR count). The molecular weight excluding hydrogens is 363 g/mol. The van der Waals surface area contributed by atoms with Gasteiger partial charge in [0, 0.05) is 12.7 Å². The molecule has 1 saturated heterocycles. The number of benzene rings is 1. The zero-order chi connectivity index (χ0) is 15.0. The van der Waals surface area contributed by atoms with Crippen molar-refractivity contribution in [1.82, 2.24) is 9.55 Å². The molecule has 8 heteroatoms. The number of carboxylic acids is 1. The summed E-state index contributed by atoms with van der Waals surface area (Å²) in [5.74, 6) is -1.38. The van der Waals surface area contributed by atoms with Crippen molar-refractivity contribution in [2.45, 2.75) is 17.6 Å². The summed E-state index contributed by atoms with van der Waals surface area (Å²) in [6.45, 7) is 1.22. The van der Waals surface area contributed by atoms with Crippen LogP contribution in [0.5, 0.6) is 0 Å². The quantitative estimate of drug-likeness (QED) is 0.833. The van der Waals surface area contributed by atoms with Crippen LogP contribution < -0.4 is 0 Å². The van der Waals surface area contributed by atoms with Crippen molar-refractivity contribution in [3.63, 3.8) is 0 Å². The third-order valence-corrected chi connectivity index (χ3v) is 4.84. The molecule has 0 bridgehead atoms. The molecule has 1 unspecified atom stereocenters. The number of fused-ring (bicyclic) bond motifs is 1. The van der Waals surface area contributed by atoms with Crippen LogP contribution in [-0.2, 0) is 9.53 Å². The Balaban J connectivity index is 2.10. The lowest BCUT2D eigenvalue weighted by atomic mass is 10.2. The van der Waals surface area contributed by atoms with Gasteiger partial charge in [-0.1, -0.05) is 11.8 Å². The third-order valence-electron chi connectivity index (χ3n) is 3.29. The van der Waals surface area contributed by atoms with E-state index in [2.05, 4.69) is 20.9 Å². The maximum absolute atomic E-state index is 13.7. The molecule has 1 N–H and O–H groups in total.